The van der Waals surface area contributed by atoms with Crippen LogP contribution < -0.4 is 14.8 Å². The number of ether oxygens (including phenoxy) is 1. The van der Waals surface area contributed by atoms with Gasteiger partial charge in [-0.1, -0.05) is 37.3 Å². The highest BCUT2D eigenvalue weighted by Gasteiger charge is 2.19. The van der Waals surface area contributed by atoms with E-state index in [4.69, 9.17) is 4.74 Å². The van der Waals surface area contributed by atoms with Crippen LogP contribution in [0.25, 0.3) is 11.1 Å². The van der Waals surface area contributed by atoms with E-state index in [1.54, 1.807) is 6.92 Å². The largest absolute Gasteiger partial charge is 0.493 e. The lowest BCUT2D eigenvalue weighted by Gasteiger charge is -2.10. The zero-order valence-electron chi connectivity index (χ0n) is 17.5. The van der Waals surface area contributed by atoms with E-state index < -0.39 is 21.7 Å². The second kappa shape index (κ2) is 9.10. The van der Waals surface area contributed by atoms with Gasteiger partial charge in [-0.2, -0.15) is 0 Å². The molecule has 8 heteroatoms. The number of fused-ring (bicyclic) bond motifs is 1. The monoisotopic (exact) mass is 454 g/mol. The number of hydrogen-bond donors (Lipinski definition) is 2. The molecule has 1 heterocycles. The van der Waals surface area contributed by atoms with Gasteiger partial charge in [-0.05, 0) is 52.6 Å². The van der Waals surface area contributed by atoms with Gasteiger partial charge in [0.25, 0.3) is 5.91 Å². The molecule has 2 N–H and O–H groups in total. The van der Waals surface area contributed by atoms with Crippen LogP contribution in [0.5, 0.6) is 5.75 Å². The van der Waals surface area contributed by atoms with Gasteiger partial charge in [-0.15, -0.1) is 0 Å². The summed E-state index contributed by atoms with van der Waals surface area (Å²) in [7, 11) is -3.79. The van der Waals surface area contributed by atoms with E-state index in [1.807, 2.05) is 36.4 Å². The van der Waals surface area contributed by atoms with Crippen LogP contribution in [0.2, 0.25) is 0 Å². The quantitative estimate of drug-likeness (QED) is 0.571. The fourth-order valence-corrected chi connectivity index (χ4v) is 4.64. The SMILES string of the molecule is CCNS(=O)(=O)c1ccc(F)c(C(=O)NCc2ccc(-c3ccc4c(c3)CCO4)cc2)c1. The Kier molecular flexibility index (Phi) is 6.25. The first-order valence-corrected chi connectivity index (χ1v) is 11.8. The van der Waals surface area contributed by atoms with Crippen LogP contribution in [0.3, 0.4) is 0 Å². The smallest absolute Gasteiger partial charge is 0.254 e. The van der Waals surface area contributed by atoms with Gasteiger partial charge < -0.3 is 10.1 Å². The lowest BCUT2D eigenvalue weighted by Crippen LogP contribution is -2.26. The molecule has 0 spiro atoms. The maximum Gasteiger partial charge on any atom is 0.254 e. The molecule has 0 saturated heterocycles. The van der Waals surface area contributed by atoms with Gasteiger partial charge in [0.2, 0.25) is 10.0 Å². The summed E-state index contributed by atoms with van der Waals surface area (Å²) in [6.45, 7) is 2.72. The van der Waals surface area contributed by atoms with Gasteiger partial charge in [0, 0.05) is 19.5 Å². The van der Waals surface area contributed by atoms with Gasteiger partial charge in [-0.3, -0.25) is 4.79 Å². The van der Waals surface area contributed by atoms with Gasteiger partial charge in [0.15, 0.2) is 0 Å². The molecule has 166 valence electrons. The average molecular weight is 455 g/mol. The Labute approximate surface area is 186 Å². The zero-order chi connectivity index (χ0) is 22.7. The van der Waals surface area contributed by atoms with Gasteiger partial charge in [0.1, 0.15) is 11.6 Å². The molecule has 32 heavy (non-hydrogen) atoms. The molecule has 0 fully saturated rings. The van der Waals surface area contributed by atoms with Crippen LogP contribution >= 0.6 is 0 Å². The summed E-state index contributed by atoms with van der Waals surface area (Å²) < 4.78 is 46.3. The fraction of sp³-hybridized carbons (Fsp3) is 0.208. The highest BCUT2D eigenvalue weighted by molar-refractivity contribution is 7.89. The van der Waals surface area contributed by atoms with Crippen molar-refractivity contribution in [3.05, 3.63) is 83.2 Å². The zero-order valence-corrected chi connectivity index (χ0v) is 18.3. The summed E-state index contributed by atoms with van der Waals surface area (Å²) in [6.07, 6.45) is 0.904. The molecule has 0 unspecified atom stereocenters. The first kappa shape index (κ1) is 22.0. The Hall–Kier alpha value is -3.23. The number of halogens is 1. The Balaban J connectivity index is 1.44. The number of amides is 1. The molecule has 1 aliphatic rings. The molecule has 3 aromatic carbocycles. The molecular weight excluding hydrogens is 431 g/mol. The van der Waals surface area contributed by atoms with Crippen LogP contribution in [0.15, 0.2) is 65.6 Å². The van der Waals surface area contributed by atoms with E-state index in [2.05, 4.69) is 16.1 Å². The highest BCUT2D eigenvalue weighted by Crippen LogP contribution is 2.30. The first-order chi connectivity index (χ1) is 15.4. The highest BCUT2D eigenvalue weighted by atomic mass is 32.2. The van der Waals surface area contributed by atoms with Crippen molar-refractivity contribution in [2.45, 2.75) is 24.8 Å². The number of carbonyl (C=O) groups excluding carboxylic acids is 1. The van der Waals surface area contributed by atoms with Crippen molar-refractivity contribution in [2.24, 2.45) is 0 Å². The van der Waals surface area contributed by atoms with Crippen molar-refractivity contribution < 1.29 is 22.3 Å². The fourth-order valence-electron chi connectivity index (χ4n) is 3.58. The van der Waals surface area contributed by atoms with Crippen molar-refractivity contribution in [2.75, 3.05) is 13.2 Å². The topological polar surface area (TPSA) is 84.5 Å². The summed E-state index contributed by atoms with van der Waals surface area (Å²) in [5.74, 6) is -0.532. The minimum atomic E-state index is -3.79. The average Bonchev–Trinajstić information content (AvgIpc) is 3.26. The van der Waals surface area contributed by atoms with E-state index in [0.29, 0.717) is 6.61 Å². The standard InChI is InChI=1S/C24H23FN2O4S/c1-2-27-32(29,30)20-8-9-22(25)21(14-20)24(28)26-15-16-3-5-17(6-4-16)18-7-10-23-19(13-18)11-12-31-23/h3-10,13-14,27H,2,11-12,15H2,1H3,(H,26,28). The summed E-state index contributed by atoms with van der Waals surface area (Å²) in [4.78, 5) is 12.3. The molecule has 6 nitrogen and oxygen atoms in total. The minimum Gasteiger partial charge on any atom is -0.493 e. The molecule has 3 aromatic rings. The van der Waals surface area contributed by atoms with E-state index in [9.17, 15) is 17.6 Å². The predicted molar refractivity (Wildman–Crippen MR) is 120 cm³/mol. The maximum absolute atomic E-state index is 14.2. The molecule has 0 atom stereocenters. The molecule has 0 radical (unpaired) electrons. The third-order valence-electron chi connectivity index (χ3n) is 5.26. The molecule has 0 bridgehead atoms. The maximum atomic E-state index is 14.2. The summed E-state index contributed by atoms with van der Waals surface area (Å²) in [5.41, 5.74) is 3.84. The molecule has 1 amide bonds. The first-order valence-electron chi connectivity index (χ1n) is 10.3. The van der Waals surface area contributed by atoms with E-state index in [0.717, 1.165) is 47.1 Å². The summed E-state index contributed by atoms with van der Waals surface area (Å²) >= 11 is 0. The lowest BCUT2D eigenvalue weighted by molar-refractivity contribution is 0.0946. The molecule has 1 aliphatic heterocycles. The second-order valence-corrected chi connectivity index (χ2v) is 9.21. The van der Waals surface area contributed by atoms with Crippen molar-refractivity contribution in [3.63, 3.8) is 0 Å². The molecule has 4 rings (SSSR count). The van der Waals surface area contributed by atoms with E-state index in [-0.39, 0.29) is 23.5 Å². The Bertz CT molecular complexity index is 1260. The Morgan fingerprint density at radius 3 is 2.53 bits per heavy atom. The second-order valence-electron chi connectivity index (χ2n) is 7.44. The number of benzene rings is 3. The Morgan fingerprint density at radius 2 is 1.78 bits per heavy atom. The van der Waals surface area contributed by atoms with Crippen LogP contribution in [-0.4, -0.2) is 27.5 Å². The van der Waals surface area contributed by atoms with E-state index >= 15 is 0 Å². The summed E-state index contributed by atoms with van der Waals surface area (Å²) in [5, 5.41) is 2.65. The van der Waals surface area contributed by atoms with Crippen molar-refractivity contribution in [1.82, 2.24) is 10.0 Å². The molecular formula is C24H23FN2O4S. The minimum absolute atomic E-state index is 0.157. The number of hydrogen-bond acceptors (Lipinski definition) is 4. The number of sulfonamides is 1. The van der Waals surface area contributed by atoms with Crippen LogP contribution in [0.4, 0.5) is 4.39 Å². The normalized spacial score (nSPS) is 12.8. The molecule has 0 aliphatic carbocycles. The predicted octanol–water partition coefficient (Wildman–Crippen LogP) is 3.66. The number of nitrogens with one attached hydrogen (secondary N) is 2. The van der Waals surface area contributed by atoms with E-state index in [1.165, 1.54) is 5.56 Å². The third-order valence-corrected chi connectivity index (χ3v) is 6.80. The van der Waals surface area contributed by atoms with Crippen LogP contribution in [-0.2, 0) is 23.0 Å². The molecule has 0 saturated carbocycles. The van der Waals surface area contributed by atoms with Crippen molar-refractivity contribution in [1.29, 1.82) is 0 Å². The van der Waals surface area contributed by atoms with Gasteiger partial charge >= 0.3 is 0 Å². The van der Waals surface area contributed by atoms with Gasteiger partial charge in [0.05, 0.1) is 17.1 Å². The summed E-state index contributed by atoms with van der Waals surface area (Å²) in [6, 6.07) is 17.0. The van der Waals surface area contributed by atoms with Gasteiger partial charge in [-0.25, -0.2) is 17.5 Å². The van der Waals surface area contributed by atoms with Crippen molar-refractivity contribution in [3.8, 4) is 16.9 Å². The molecule has 0 aromatic heterocycles. The van der Waals surface area contributed by atoms with Crippen LogP contribution in [0, 0.1) is 5.82 Å². The number of carbonyl (C=O) groups is 1. The Morgan fingerprint density at radius 1 is 1.03 bits per heavy atom. The van der Waals surface area contributed by atoms with Crippen molar-refractivity contribution >= 4 is 15.9 Å². The number of rotatable bonds is 7. The lowest BCUT2D eigenvalue weighted by atomic mass is 10.0. The third kappa shape index (κ3) is 4.66. The van der Waals surface area contributed by atoms with Crippen LogP contribution in [0.1, 0.15) is 28.4 Å².